The lowest BCUT2D eigenvalue weighted by molar-refractivity contribution is 0.435. The molecule has 148 valence electrons. The number of halogens is 1. The summed E-state index contributed by atoms with van der Waals surface area (Å²) in [5.41, 5.74) is 12.9. The van der Waals surface area contributed by atoms with E-state index in [1.165, 1.54) is 43.2 Å². The molecule has 5 nitrogen and oxygen atoms in total. The summed E-state index contributed by atoms with van der Waals surface area (Å²) in [7, 11) is 0. The van der Waals surface area contributed by atoms with Gasteiger partial charge in [-0.05, 0) is 46.0 Å². The summed E-state index contributed by atoms with van der Waals surface area (Å²) in [5.74, 6) is 1.10. The maximum atomic E-state index is 6.43. The Labute approximate surface area is 178 Å². The van der Waals surface area contributed by atoms with E-state index >= 15 is 0 Å². The second-order valence-corrected chi connectivity index (χ2v) is 8.61. The number of nitrogen functional groups attached to an aromatic ring is 1. The largest absolute Gasteiger partial charge is 0.383 e. The average molecular weight is 450 g/mol. The zero-order chi connectivity index (χ0) is 19.8. The van der Waals surface area contributed by atoms with Crippen molar-refractivity contribution in [3.8, 4) is 0 Å². The summed E-state index contributed by atoms with van der Waals surface area (Å²) in [6, 6.07) is 10.4. The van der Waals surface area contributed by atoms with E-state index in [9.17, 15) is 0 Å². The Kier molecular flexibility index (Phi) is 4.87. The molecule has 5 rings (SSSR count). The van der Waals surface area contributed by atoms with Gasteiger partial charge in [0, 0.05) is 23.7 Å². The van der Waals surface area contributed by atoms with Gasteiger partial charge < -0.3 is 11.1 Å². The molecule has 0 atom stereocenters. The van der Waals surface area contributed by atoms with Crippen LogP contribution in [0.3, 0.4) is 0 Å². The van der Waals surface area contributed by atoms with Crippen molar-refractivity contribution in [2.24, 2.45) is 0 Å². The average Bonchev–Trinajstić information content (AvgIpc) is 3.22. The van der Waals surface area contributed by atoms with Crippen molar-refractivity contribution in [2.45, 2.75) is 38.0 Å². The molecule has 3 N–H and O–H groups in total. The zero-order valence-electron chi connectivity index (χ0n) is 16.2. The summed E-state index contributed by atoms with van der Waals surface area (Å²) < 4.78 is 2.65. The van der Waals surface area contributed by atoms with E-state index in [2.05, 4.69) is 62.8 Å². The van der Waals surface area contributed by atoms with E-state index in [0.29, 0.717) is 11.7 Å². The Balaban J connectivity index is 1.55. The first-order valence-electron chi connectivity index (χ1n) is 10.3. The smallest absolute Gasteiger partial charge is 0.165 e. The highest BCUT2D eigenvalue weighted by molar-refractivity contribution is 9.10. The van der Waals surface area contributed by atoms with Gasteiger partial charge in [0.1, 0.15) is 5.82 Å². The van der Waals surface area contributed by atoms with Gasteiger partial charge in [-0.2, -0.15) is 9.61 Å². The van der Waals surface area contributed by atoms with E-state index < -0.39 is 0 Å². The van der Waals surface area contributed by atoms with Gasteiger partial charge in [0.15, 0.2) is 5.65 Å². The Morgan fingerprint density at radius 2 is 1.86 bits per heavy atom. The summed E-state index contributed by atoms with van der Waals surface area (Å²) in [5, 5.41) is 8.06. The van der Waals surface area contributed by atoms with Gasteiger partial charge in [-0.25, -0.2) is 4.98 Å². The molecule has 1 fully saturated rings. The van der Waals surface area contributed by atoms with Crippen LogP contribution in [0.1, 0.15) is 54.8 Å². The minimum atomic E-state index is 0.469. The molecule has 0 spiro atoms. The molecule has 1 saturated carbocycles. The molecule has 6 heteroatoms. The molecule has 29 heavy (non-hydrogen) atoms. The van der Waals surface area contributed by atoms with Gasteiger partial charge in [0.05, 0.1) is 16.4 Å². The van der Waals surface area contributed by atoms with Crippen molar-refractivity contribution in [2.75, 3.05) is 12.3 Å². The van der Waals surface area contributed by atoms with Gasteiger partial charge in [-0.3, -0.25) is 0 Å². The molecule has 0 amide bonds. The number of nitrogens with zero attached hydrogens (tertiary/aromatic N) is 3. The maximum absolute atomic E-state index is 6.43. The number of benzene rings is 1. The number of aromatic nitrogens is 3. The van der Waals surface area contributed by atoms with Crippen LogP contribution in [0.2, 0.25) is 0 Å². The second-order valence-electron chi connectivity index (χ2n) is 7.82. The van der Waals surface area contributed by atoms with Crippen LogP contribution in [0.5, 0.6) is 0 Å². The molecule has 1 aromatic carbocycles. The number of hydrogen-bond acceptors (Lipinski definition) is 4. The fraction of sp³-hybridized carbons (Fsp3) is 0.304. The number of hydrogen-bond donors (Lipinski definition) is 2. The first-order valence-corrected chi connectivity index (χ1v) is 11.0. The minimum Gasteiger partial charge on any atom is -0.383 e. The van der Waals surface area contributed by atoms with Crippen molar-refractivity contribution in [1.82, 2.24) is 19.9 Å². The Morgan fingerprint density at radius 1 is 1.07 bits per heavy atom. The first-order chi connectivity index (χ1) is 14.2. The highest BCUT2D eigenvalue weighted by Crippen LogP contribution is 2.38. The molecule has 3 aromatic rings. The van der Waals surface area contributed by atoms with Gasteiger partial charge in [0.25, 0.3) is 0 Å². The van der Waals surface area contributed by atoms with Crippen molar-refractivity contribution in [3.05, 3.63) is 70.0 Å². The number of nitrogens with one attached hydrogen (secondary N) is 1. The van der Waals surface area contributed by atoms with E-state index in [4.69, 9.17) is 10.7 Å². The Hall–Kier alpha value is -2.60. The van der Waals surface area contributed by atoms with E-state index in [-0.39, 0.29) is 0 Å². The van der Waals surface area contributed by atoms with Crippen LogP contribution in [-0.2, 0) is 0 Å². The lowest BCUT2D eigenvalue weighted by atomic mass is 9.87. The summed E-state index contributed by atoms with van der Waals surface area (Å²) in [6.07, 6.45) is 12.4. The lowest BCUT2D eigenvalue weighted by Gasteiger charge is -2.23. The molecule has 0 unspecified atom stereocenters. The van der Waals surface area contributed by atoms with Gasteiger partial charge in [-0.15, -0.1) is 0 Å². The van der Waals surface area contributed by atoms with E-state index in [1.54, 1.807) is 4.52 Å². The van der Waals surface area contributed by atoms with Crippen molar-refractivity contribution in [1.29, 1.82) is 0 Å². The third-order valence-corrected chi connectivity index (χ3v) is 6.80. The summed E-state index contributed by atoms with van der Waals surface area (Å²) >= 11 is 3.69. The normalized spacial score (nSPS) is 17.7. The van der Waals surface area contributed by atoms with E-state index in [1.807, 2.05) is 12.3 Å². The third kappa shape index (κ3) is 3.35. The molecule has 1 aliphatic heterocycles. The van der Waals surface area contributed by atoms with Crippen molar-refractivity contribution >= 4 is 38.7 Å². The maximum Gasteiger partial charge on any atom is 0.165 e. The van der Waals surface area contributed by atoms with Gasteiger partial charge >= 0.3 is 0 Å². The molecule has 2 aliphatic rings. The standard InChI is InChI=1S/C23H24BrN5/c24-20-21(16-9-5-2-6-10-16)28-23-18(14-27-29(23)22(20)25)17-11-12-19(26-13-17)15-7-3-1-4-8-15/h1,3-4,7-8,11-12,14,16,26H,2,5-6,9-10,13,25H2. The molecule has 2 aromatic heterocycles. The summed E-state index contributed by atoms with van der Waals surface area (Å²) in [4.78, 5) is 5.06. The fourth-order valence-corrected chi connectivity index (χ4v) is 4.96. The number of rotatable bonds is 3. The third-order valence-electron chi connectivity index (χ3n) is 5.99. The van der Waals surface area contributed by atoms with Crippen LogP contribution in [0.4, 0.5) is 5.82 Å². The lowest BCUT2D eigenvalue weighted by Crippen LogP contribution is -2.18. The molecular weight excluding hydrogens is 426 g/mol. The predicted molar refractivity (Wildman–Crippen MR) is 121 cm³/mol. The molecule has 0 radical (unpaired) electrons. The SMILES string of the molecule is Nc1c(Br)c(C2CCCCC2)nc2c(C3=CC=C(c4ccccc4)NC3)cnn12. The number of allylic oxidation sites excluding steroid dienone is 2. The van der Waals surface area contributed by atoms with Gasteiger partial charge in [-0.1, -0.05) is 55.7 Å². The van der Waals surface area contributed by atoms with Crippen LogP contribution >= 0.6 is 15.9 Å². The van der Waals surface area contributed by atoms with Gasteiger partial charge in [0.2, 0.25) is 0 Å². The Bertz CT molecular complexity index is 1110. The quantitative estimate of drug-likeness (QED) is 0.579. The molecule has 0 bridgehead atoms. The van der Waals surface area contributed by atoms with Crippen LogP contribution in [-0.4, -0.2) is 21.1 Å². The van der Waals surface area contributed by atoms with Crippen LogP contribution in [0.25, 0.3) is 16.9 Å². The number of anilines is 1. The Morgan fingerprint density at radius 3 is 2.59 bits per heavy atom. The first kappa shape index (κ1) is 18.4. The molecule has 1 aliphatic carbocycles. The monoisotopic (exact) mass is 449 g/mol. The number of fused-ring (bicyclic) bond motifs is 1. The topological polar surface area (TPSA) is 68.2 Å². The van der Waals surface area contributed by atoms with Crippen molar-refractivity contribution in [3.63, 3.8) is 0 Å². The van der Waals surface area contributed by atoms with Crippen LogP contribution in [0.15, 0.2) is 53.2 Å². The van der Waals surface area contributed by atoms with Crippen LogP contribution in [0, 0.1) is 0 Å². The van der Waals surface area contributed by atoms with Crippen molar-refractivity contribution < 1.29 is 0 Å². The number of nitrogens with two attached hydrogens (primary N) is 1. The molecule has 3 heterocycles. The highest BCUT2D eigenvalue weighted by atomic mass is 79.9. The number of dihydropyridines is 1. The fourth-order valence-electron chi connectivity index (χ4n) is 4.38. The molecule has 0 saturated heterocycles. The zero-order valence-corrected chi connectivity index (χ0v) is 17.8. The van der Waals surface area contributed by atoms with E-state index in [0.717, 1.165) is 33.6 Å². The van der Waals surface area contributed by atoms with Crippen LogP contribution < -0.4 is 11.1 Å². The second kappa shape index (κ2) is 7.67. The summed E-state index contributed by atoms with van der Waals surface area (Å²) in [6.45, 7) is 0.735. The predicted octanol–water partition coefficient (Wildman–Crippen LogP) is 5.15. The highest BCUT2D eigenvalue weighted by Gasteiger charge is 2.24. The minimum absolute atomic E-state index is 0.469. The molecular formula is C23H24BrN5.